The number of amides is 1. The van der Waals surface area contributed by atoms with Crippen molar-refractivity contribution in [2.45, 2.75) is 39.3 Å². The lowest BCUT2D eigenvalue weighted by Gasteiger charge is -2.35. The molecule has 1 aromatic heterocycles. The van der Waals surface area contributed by atoms with Crippen molar-refractivity contribution >= 4 is 33.2 Å². The number of aromatic nitrogens is 2. The van der Waals surface area contributed by atoms with Gasteiger partial charge in [0.2, 0.25) is 5.03 Å². The fourth-order valence-corrected chi connectivity index (χ4v) is 5.21. The molecule has 0 aliphatic carbocycles. The lowest BCUT2D eigenvalue weighted by atomic mass is 10.1. The van der Waals surface area contributed by atoms with Gasteiger partial charge in [-0.1, -0.05) is 31.5 Å². The molecule has 8 nitrogen and oxygen atoms in total. The minimum Gasteiger partial charge on any atom is -0.369 e. The van der Waals surface area contributed by atoms with E-state index < -0.39 is 15.9 Å². The van der Waals surface area contributed by atoms with Crippen molar-refractivity contribution in [2.75, 3.05) is 37.6 Å². The number of hydrogen-bond acceptors (Lipinski definition) is 5. The summed E-state index contributed by atoms with van der Waals surface area (Å²) >= 11 is 6.14. The van der Waals surface area contributed by atoms with Gasteiger partial charge >= 0.3 is 0 Å². The Labute approximate surface area is 189 Å². The number of hydrogen-bond donors (Lipinski definition) is 1. The number of carbonyl (C=O) groups excluding carboxylic acids is 1. The number of halogens is 1. The summed E-state index contributed by atoms with van der Waals surface area (Å²) in [5.41, 5.74) is 2.19. The highest BCUT2D eigenvalue weighted by atomic mass is 35.5. The lowest BCUT2D eigenvalue weighted by molar-refractivity contribution is 0.0945. The van der Waals surface area contributed by atoms with Gasteiger partial charge in [-0.25, -0.2) is 8.42 Å². The maximum atomic E-state index is 13.4. The van der Waals surface area contributed by atoms with Crippen molar-refractivity contribution < 1.29 is 13.2 Å². The molecule has 1 N–H and O–H groups in total. The second kappa shape index (κ2) is 9.58. The van der Waals surface area contributed by atoms with E-state index in [0.29, 0.717) is 44.3 Å². The Hall–Kier alpha value is -2.10. The molecular weight excluding hydrogens is 438 g/mol. The van der Waals surface area contributed by atoms with Crippen molar-refractivity contribution in [3.8, 4) is 0 Å². The molecule has 1 fully saturated rings. The maximum absolute atomic E-state index is 13.4. The third-order valence-corrected chi connectivity index (χ3v) is 7.37. The van der Waals surface area contributed by atoms with Crippen LogP contribution in [0.5, 0.6) is 0 Å². The predicted octanol–water partition coefficient (Wildman–Crippen LogP) is 2.76. The summed E-state index contributed by atoms with van der Waals surface area (Å²) in [6.45, 7) is 10.4. The fourth-order valence-electron chi connectivity index (χ4n) is 3.52. The Morgan fingerprint density at radius 1 is 1.23 bits per heavy atom. The Morgan fingerprint density at radius 2 is 1.90 bits per heavy atom. The topological polar surface area (TPSA) is 87.5 Å². The molecule has 1 aliphatic rings. The molecule has 31 heavy (non-hydrogen) atoms. The highest BCUT2D eigenvalue weighted by molar-refractivity contribution is 7.89. The zero-order valence-corrected chi connectivity index (χ0v) is 20.0. The average molecular weight is 468 g/mol. The van der Waals surface area contributed by atoms with Gasteiger partial charge in [0, 0.05) is 56.2 Å². The monoisotopic (exact) mass is 467 g/mol. The molecule has 1 amide bonds. The molecule has 3 rings (SSSR count). The average Bonchev–Trinajstić information content (AvgIpc) is 3.19. The van der Waals surface area contributed by atoms with Gasteiger partial charge in [-0.3, -0.25) is 9.48 Å². The summed E-state index contributed by atoms with van der Waals surface area (Å²) in [7, 11) is -3.90. The summed E-state index contributed by atoms with van der Waals surface area (Å²) < 4.78 is 29.6. The first kappa shape index (κ1) is 23.6. The molecule has 0 bridgehead atoms. The zero-order chi connectivity index (χ0) is 22.8. The van der Waals surface area contributed by atoms with Crippen molar-refractivity contribution in [3.63, 3.8) is 0 Å². The van der Waals surface area contributed by atoms with Crippen LogP contribution in [-0.4, -0.2) is 61.1 Å². The molecule has 0 unspecified atom stereocenters. The Balaban J connectivity index is 1.80. The standard InChI is InChI=1S/C21H30ClN5O3S/c1-5-26-14-18(20(28)23-13-15(2)3)21(24-26)31(29,30)27-10-8-25(9-11-27)19-12-17(22)7-6-16(19)4/h6-7,12,14-15H,5,8-11,13H2,1-4H3,(H,23,28). The van der Waals surface area contributed by atoms with Gasteiger partial charge < -0.3 is 10.2 Å². The molecule has 1 saturated heterocycles. The highest BCUT2D eigenvalue weighted by Gasteiger charge is 2.35. The summed E-state index contributed by atoms with van der Waals surface area (Å²) in [4.78, 5) is 14.8. The third kappa shape index (κ3) is 5.22. The predicted molar refractivity (Wildman–Crippen MR) is 122 cm³/mol. The van der Waals surface area contributed by atoms with E-state index in [1.54, 1.807) is 0 Å². The second-order valence-electron chi connectivity index (χ2n) is 8.13. The van der Waals surface area contributed by atoms with E-state index in [-0.39, 0.29) is 16.5 Å². The smallest absolute Gasteiger partial charge is 0.263 e. The van der Waals surface area contributed by atoms with Crippen LogP contribution in [0.3, 0.4) is 0 Å². The Morgan fingerprint density at radius 3 is 2.52 bits per heavy atom. The van der Waals surface area contributed by atoms with Crippen LogP contribution in [0.2, 0.25) is 5.02 Å². The van der Waals surface area contributed by atoms with Gasteiger partial charge in [0.05, 0.1) is 5.56 Å². The SMILES string of the molecule is CCn1cc(C(=O)NCC(C)C)c(S(=O)(=O)N2CCN(c3cc(Cl)ccc3C)CC2)n1. The number of benzene rings is 1. The first-order valence-electron chi connectivity index (χ1n) is 10.5. The van der Waals surface area contributed by atoms with Gasteiger partial charge in [0.1, 0.15) is 0 Å². The molecule has 1 aromatic carbocycles. The maximum Gasteiger partial charge on any atom is 0.263 e. The summed E-state index contributed by atoms with van der Waals surface area (Å²) in [5, 5.41) is 7.49. The minimum absolute atomic E-state index is 0.0932. The van der Waals surface area contributed by atoms with Crippen LogP contribution in [0.15, 0.2) is 29.4 Å². The van der Waals surface area contributed by atoms with E-state index in [1.165, 1.54) is 15.2 Å². The van der Waals surface area contributed by atoms with Gasteiger partial charge in [-0.15, -0.1) is 0 Å². The number of anilines is 1. The first-order chi connectivity index (χ1) is 14.6. The molecule has 170 valence electrons. The van der Waals surface area contributed by atoms with E-state index in [1.807, 2.05) is 45.9 Å². The van der Waals surface area contributed by atoms with Crippen molar-refractivity contribution in [1.82, 2.24) is 19.4 Å². The van der Waals surface area contributed by atoms with E-state index in [0.717, 1.165) is 11.3 Å². The Kier molecular flexibility index (Phi) is 7.28. The van der Waals surface area contributed by atoms with Crippen LogP contribution < -0.4 is 10.2 Å². The Bertz CT molecular complexity index is 1040. The van der Waals surface area contributed by atoms with Crippen LogP contribution in [0.4, 0.5) is 5.69 Å². The number of nitrogens with zero attached hydrogens (tertiary/aromatic N) is 4. The highest BCUT2D eigenvalue weighted by Crippen LogP contribution is 2.27. The van der Waals surface area contributed by atoms with Gasteiger partial charge in [-0.05, 0) is 37.5 Å². The second-order valence-corrected chi connectivity index (χ2v) is 10.4. The molecular formula is C21H30ClN5O3S. The molecule has 2 aromatic rings. The van der Waals surface area contributed by atoms with Crippen LogP contribution in [0.25, 0.3) is 0 Å². The van der Waals surface area contributed by atoms with Gasteiger partial charge in [-0.2, -0.15) is 9.40 Å². The molecule has 1 aliphatic heterocycles. The fraction of sp³-hybridized carbons (Fsp3) is 0.524. The lowest BCUT2D eigenvalue weighted by Crippen LogP contribution is -2.49. The summed E-state index contributed by atoms with van der Waals surface area (Å²) in [5.74, 6) is -0.159. The number of nitrogens with one attached hydrogen (secondary N) is 1. The number of aryl methyl sites for hydroxylation is 2. The summed E-state index contributed by atoms with van der Waals surface area (Å²) in [6, 6.07) is 5.71. The van der Waals surface area contributed by atoms with Gasteiger partial charge in [0.15, 0.2) is 0 Å². The molecule has 0 spiro atoms. The normalized spacial score (nSPS) is 15.5. The van der Waals surface area contributed by atoms with Crippen molar-refractivity contribution in [3.05, 3.63) is 40.5 Å². The molecule has 2 heterocycles. The molecule has 0 saturated carbocycles. The molecule has 0 atom stereocenters. The van der Waals surface area contributed by atoms with Crippen LogP contribution >= 0.6 is 11.6 Å². The number of piperazine rings is 1. The van der Waals surface area contributed by atoms with E-state index in [4.69, 9.17) is 11.6 Å². The first-order valence-corrected chi connectivity index (χ1v) is 12.3. The number of rotatable bonds is 7. The quantitative estimate of drug-likeness (QED) is 0.676. The minimum atomic E-state index is -3.90. The number of carbonyl (C=O) groups is 1. The van der Waals surface area contributed by atoms with Crippen molar-refractivity contribution in [1.29, 1.82) is 0 Å². The number of sulfonamides is 1. The molecule has 0 radical (unpaired) electrons. The van der Waals surface area contributed by atoms with E-state index in [2.05, 4.69) is 15.3 Å². The van der Waals surface area contributed by atoms with Crippen LogP contribution in [-0.2, 0) is 16.6 Å². The third-order valence-electron chi connectivity index (χ3n) is 5.30. The van der Waals surface area contributed by atoms with Crippen molar-refractivity contribution in [2.24, 2.45) is 5.92 Å². The van der Waals surface area contributed by atoms with Gasteiger partial charge in [0.25, 0.3) is 15.9 Å². The zero-order valence-electron chi connectivity index (χ0n) is 18.4. The van der Waals surface area contributed by atoms with Crippen LogP contribution in [0.1, 0.15) is 36.7 Å². The molecule has 10 heteroatoms. The van der Waals surface area contributed by atoms with Crippen LogP contribution in [0, 0.1) is 12.8 Å². The largest absolute Gasteiger partial charge is 0.369 e. The van der Waals surface area contributed by atoms with E-state index >= 15 is 0 Å². The summed E-state index contributed by atoms with van der Waals surface area (Å²) in [6.07, 6.45) is 1.51. The van der Waals surface area contributed by atoms with E-state index in [9.17, 15) is 13.2 Å².